The Labute approximate surface area is 180 Å². The van der Waals surface area contributed by atoms with Gasteiger partial charge in [0.05, 0.1) is 18.6 Å². The summed E-state index contributed by atoms with van der Waals surface area (Å²) >= 11 is 0. The van der Waals surface area contributed by atoms with Crippen LogP contribution in [-0.4, -0.2) is 39.8 Å². The first kappa shape index (κ1) is 23.7. The summed E-state index contributed by atoms with van der Waals surface area (Å²) in [7, 11) is -3.62. The van der Waals surface area contributed by atoms with E-state index in [0.717, 1.165) is 41.5 Å². The molecule has 1 atom stereocenters. The van der Waals surface area contributed by atoms with Crippen LogP contribution in [0.3, 0.4) is 0 Å². The van der Waals surface area contributed by atoms with Crippen molar-refractivity contribution in [2.24, 2.45) is 0 Å². The first-order valence-electron chi connectivity index (χ1n) is 10.2. The number of ether oxygens (including phenoxy) is 1. The smallest absolute Gasteiger partial charge is 0.243 e. The van der Waals surface area contributed by atoms with Crippen LogP contribution in [0.25, 0.3) is 0 Å². The molecule has 164 valence electrons. The Bertz CT molecular complexity index is 956. The average Bonchev–Trinajstić information content (AvgIpc) is 2.68. The molecule has 1 N–H and O–H groups in total. The number of hydrogen-bond donors (Lipinski definition) is 1. The van der Waals surface area contributed by atoms with E-state index in [1.807, 2.05) is 57.2 Å². The molecule has 0 aromatic heterocycles. The number of benzene rings is 2. The van der Waals surface area contributed by atoms with Crippen LogP contribution in [0.2, 0.25) is 0 Å². The van der Waals surface area contributed by atoms with E-state index in [0.29, 0.717) is 18.8 Å². The van der Waals surface area contributed by atoms with Gasteiger partial charge in [0.15, 0.2) is 0 Å². The predicted molar refractivity (Wildman–Crippen MR) is 122 cm³/mol. The Morgan fingerprint density at radius 3 is 2.40 bits per heavy atom. The molecule has 2 aromatic rings. The van der Waals surface area contributed by atoms with Gasteiger partial charge in [-0.05, 0) is 75.4 Å². The average molecular weight is 433 g/mol. The fourth-order valence-electron chi connectivity index (χ4n) is 3.31. The largest absolute Gasteiger partial charge is 0.494 e. The second-order valence-corrected chi connectivity index (χ2v) is 9.36. The van der Waals surface area contributed by atoms with Crippen molar-refractivity contribution in [1.29, 1.82) is 0 Å². The number of carbonyl (C=O) groups is 1. The van der Waals surface area contributed by atoms with Crippen LogP contribution in [0.15, 0.2) is 42.5 Å². The first-order valence-corrected chi connectivity index (χ1v) is 12.0. The van der Waals surface area contributed by atoms with Crippen LogP contribution in [0.1, 0.15) is 37.0 Å². The van der Waals surface area contributed by atoms with Crippen molar-refractivity contribution in [2.45, 2.75) is 46.6 Å². The van der Waals surface area contributed by atoms with E-state index in [1.165, 1.54) is 4.31 Å². The fraction of sp³-hybridized carbons (Fsp3) is 0.435. The molecule has 7 heteroatoms. The van der Waals surface area contributed by atoms with E-state index < -0.39 is 16.1 Å². The summed E-state index contributed by atoms with van der Waals surface area (Å²) in [5.74, 6) is 0.531. The normalized spacial score (nSPS) is 12.3. The van der Waals surface area contributed by atoms with Gasteiger partial charge in [-0.1, -0.05) is 24.3 Å². The van der Waals surface area contributed by atoms with Crippen molar-refractivity contribution in [2.75, 3.05) is 23.7 Å². The van der Waals surface area contributed by atoms with E-state index in [4.69, 9.17) is 4.74 Å². The molecule has 1 amide bonds. The predicted octanol–water partition coefficient (Wildman–Crippen LogP) is 3.61. The van der Waals surface area contributed by atoms with Crippen molar-refractivity contribution in [3.05, 3.63) is 59.2 Å². The Balaban J connectivity index is 1.98. The van der Waals surface area contributed by atoms with Crippen molar-refractivity contribution in [3.63, 3.8) is 0 Å². The highest BCUT2D eigenvalue weighted by molar-refractivity contribution is 7.92. The summed E-state index contributed by atoms with van der Waals surface area (Å²) in [6.07, 6.45) is 2.70. The maximum atomic E-state index is 12.7. The molecule has 0 aliphatic carbocycles. The van der Waals surface area contributed by atoms with E-state index >= 15 is 0 Å². The topological polar surface area (TPSA) is 75.7 Å². The molecule has 0 fully saturated rings. The molecule has 2 aromatic carbocycles. The van der Waals surface area contributed by atoms with Crippen molar-refractivity contribution in [1.82, 2.24) is 5.32 Å². The Morgan fingerprint density at radius 2 is 1.80 bits per heavy atom. The van der Waals surface area contributed by atoms with E-state index in [2.05, 4.69) is 5.32 Å². The molecule has 0 spiro atoms. The third-order valence-electron chi connectivity index (χ3n) is 4.87. The third-order valence-corrected chi connectivity index (χ3v) is 6.09. The Morgan fingerprint density at radius 1 is 1.13 bits per heavy atom. The lowest BCUT2D eigenvalue weighted by Crippen LogP contribution is -2.48. The molecule has 2 rings (SSSR count). The molecular weight excluding hydrogens is 400 g/mol. The number of carbonyl (C=O) groups excluding carboxylic acids is 1. The number of nitrogens with one attached hydrogen (secondary N) is 1. The lowest BCUT2D eigenvalue weighted by Gasteiger charge is -2.29. The number of nitrogens with zero attached hydrogens (tertiary/aromatic N) is 1. The van der Waals surface area contributed by atoms with Crippen LogP contribution in [-0.2, 0) is 21.2 Å². The molecule has 30 heavy (non-hydrogen) atoms. The van der Waals surface area contributed by atoms with Gasteiger partial charge in [-0.15, -0.1) is 0 Å². The highest BCUT2D eigenvalue weighted by Crippen LogP contribution is 2.26. The zero-order valence-electron chi connectivity index (χ0n) is 18.4. The van der Waals surface area contributed by atoms with Gasteiger partial charge in [-0.3, -0.25) is 9.10 Å². The van der Waals surface area contributed by atoms with Gasteiger partial charge in [-0.2, -0.15) is 0 Å². The van der Waals surface area contributed by atoms with E-state index in [1.54, 1.807) is 13.0 Å². The van der Waals surface area contributed by atoms with Crippen LogP contribution < -0.4 is 14.4 Å². The van der Waals surface area contributed by atoms with Crippen molar-refractivity contribution < 1.29 is 17.9 Å². The SMILES string of the molecule is CCOc1ccc(CCCNC(=O)C(C)N(c2cc(C)ccc2C)S(C)(=O)=O)cc1. The molecule has 0 bridgehead atoms. The maximum absolute atomic E-state index is 12.7. The minimum absolute atomic E-state index is 0.312. The van der Waals surface area contributed by atoms with Gasteiger partial charge in [-0.25, -0.2) is 8.42 Å². The number of sulfonamides is 1. The first-order chi connectivity index (χ1) is 14.1. The van der Waals surface area contributed by atoms with E-state index in [9.17, 15) is 13.2 Å². The molecule has 0 heterocycles. The van der Waals surface area contributed by atoms with Crippen molar-refractivity contribution in [3.8, 4) is 5.75 Å². The zero-order valence-corrected chi connectivity index (χ0v) is 19.3. The number of amides is 1. The standard InChI is InChI=1S/C23H32N2O4S/c1-6-29-21-13-11-20(12-14-21)8-7-15-24-23(26)19(4)25(30(5,27)28)22-16-17(2)9-10-18(22)3/h9-14,16,19H,6-8,15H2,1-5H3,(H,24,26). The summed E-state index contributed by atoms with van der Waals surface area (Å²) in [5, 5.41) is 2.87. The quantitative estimate of drug-likeness (QED) is 0.582. The number of rotatable bonds is 10. The van der Waals surface area contributed by atoms with Gasteiger partial charge >= 0.3 is 0 Å². The highest BCUT2D eigenvalue weighted by Gasteiger charge is 2.29. The fourth-order valence-corrected chi connectivity index (χ4v) is 4.53. The van der Waals surface area contributed by atoms with Gasteiger partial charge < -0.3 is 10.1 Å². The Kier molecular flexibility index (Phi) is 8.29. The second kappa shape index (κ2) is 10.5. The monoisotopic (exact) mass is 432 g/mol. The van der Waals surface area contributed by atoms with Crippen LogP contribution in [0.5, 0.6) is 5.75 Å². The number of anilines is 1. The molecule has 0 saturated heterocycles. The Hall–Kier alpha value is -2.54. The summed E-state index contributed by atoms with van der Waals surface area (Å²) in [5.41, 5.74) is 3.44. The molecule has 0 aliphatic heterocycles. The maximum Gasteiger partial charge on any atom is 0.243 e. The minimum Gasteiger partial charge on any atom is -0.494 e. The number of hydrogen-bond acceptors (Lipinski definition) is 4. The molecule has 1 unspecified atom stereocenters. The lowest BCUT2D eigenvalue weighted by atomic mass is 10.1. The molecule has 6 nitrogen and oxygen atoms in total. The van der Waals surface area contributed by atoms with E-state index in [-0.39, 0.29) is 5.91 Å². The number of aryl methyl sites for hydroxylation is 3. The summed E-state index contributed by atoms with van der Waals surface area (Å²) in [6.45, 7) is 8.41. The molecular formula is C23H32N2O4S. The lowest BCUT2D eigenvalue weighted by molar-refractivity contribution is -0.121. The van der Waals surface area contributed by atoms with Gasteiger partial charge in [0.1, 0.15) is 11.8 Å². The molecule has 0 saturated carbocycles. The van der Waals surface area contributed by atoms with Crippen LogP contribution in [0, 0.1) is 13.8 Å². The van der Waals surface area contributed by atoms with Gasteiger partial charge in [0, 0.05) is 6.54 Å². The highest BCUT2D eigenvalue weighted by atomic mass is 32.2. The minimum atomic E-state index is -3.62. The van der Waals surface area contributed by atoms with Gasteiger partial charge in [0.2, 0.25) is 15.9 Å². The second-order valence-electron chi connectivity index (χ2n) is 7.50. The van der Waals surface area contributed by atoms with Gasteiger partial charge in [0.25, 0.3) is 0 Å². The molecule has 0 aliphatic rings. The van der Waals surface area contributed by atoms with Crippen LogP contribution >= 0.6 is 0 Å². The summed E-state index contributed by atoms with van der Waals surface area (Å²) in [4.78, 5) is 12.7. The molecule has 0 radical (unpaired) electrons. The zero-order chi connectivity index (χ0) is 22.3. The van der Waals surface area contributed by atoms with Crippen molar-refractivity contribution >= 4 is 21.6 Å². The van der Waals surface area contributed by atoms with Crippen LogP contribution in [0.4, 0.5) is 5.69 Å². The summed E-state index contributed by atoms with van der Waals surface area (Å²) in [6, 6.07) is 12.6. The summed E-state index contributed by atoms with van der Waals surface area (Å²) < 4.78 is 31.6. The third kappa shape index (κ3) is 6.49.